The molecule has 1 aromatic carbocycles. The Balaban J connectivity index is 2.92. The van der Waals surface area contributed by atoms with Gasteiger partial charge in [-0.2, -0.15) is 5.26 Å². The standard InChI is InChI=1S/C13H17NO2/c1-13(2,3)10-6-4-9(5-7-10)12(16)11(15)8-14/h4-7,11-12,15-16H,1-3H3. The van der Waals surface area contributed by atoms with Crippen molar-refractivity contribution in [1.29, 1.82) is 5.26 Å². The first kappa shape index (κ1) is 12.7. The second-order valence-electron chi connectivity index (χ2n) is 4.89. The minimum Gasteiger partial charge on any atom is -0.385 e. The van der Waals surface area contributed by atoms with E-state index >= 15 is 0 Å². The van der Waals surface area contributed by atoms with Crippen LogP contribution in [0.5, 0.6) is 0 Å². The summed E-state index contributed by atoms with van der Waals surface area (Å²) >= 11 is 0. The van der Waals surface area contributed by atoms with Crippen LogP contribution in [0.3, 0.4) is 0 Å². The van der Waals surface area contributed by atoms with E-state index in [0.717, 1.165) is 5.56 Å². The van der Waals surface area contributed by atoms with Crippen LogP contribution in [0, 0.1) is 11.3 Å². The molecule has 0 aliphatic rings. The first-order chi connectivity index (χ1) is 7.36. The summed E-state index contributed by atoms with van der Waals surface area (Å²) in [4.78, 5) is 0. The van der Waals surface area contributed by atoms with Crippen molar-refractivity contribution in [1.82, 2.24) is 0 Å². The van der Waals surface area contributed by atoms with Gasteiger partial charge in [-0.05, 0) is 16.5 Å². The molecular weight excluding hydrogens is 202 g/mol. The average Bonchev–Trinajstić information content (AvgIpc) is 2.26. The van der Waals surface area contributed by atoms with Crippen LogP contribution in [-0.4, -0.2) is 16.3 Å². The van der Waals surface area contributed by atoms with E-state index < -0.39 is 12.2 Å². The largest absolute Gasteiger partial charge is 0.385 e. The number of aliphatic hydroxyl groups is 2. The number of hydrogen-bond acceptors (Lipinski definition) is 3. The second kappa shape index (κ2) is 4.65. The van der Waals surface area contributed by atoms with E-state index in [4.69, 9.17) is 5.26 Å². The van der Waals surface area contributed by atoms with Crippen molar-refractivity contribution in [2.45, 2.75) is 38.4 Å². The zero-order valence-corrected chi connectivity index (χ0v) is 9.81. The predicted molar refractivity (Wildman–Crippen MR) is 61.7 cm³/mol. The summed E-state index contributed by atoms with van der Waals surface area (Å²) in [5, 5.41) is 27.3. The number of hydrogen-bond donors (Lipinski definition) is 2. The SMILES string of the molecule is CC(C)(C)c1ccc(C(O)C(O)C#N)cc1. The molecule has 0 amide bonds. The van der Waals surface area contributed by atoms with Crippen LogP contribution in [0.25, 0.3) is 0 Å². The van der Waals surface area contributed by atoms with E-state index in [2.05, 4.69) is 20.8 Å². The van der Waals surface area contributed by atoms with E-state index in [1.165, 1.54) is 0 Å². The quantitative estimate of drug-likeness (QED) is 0.747. The maximum absolute atomic E-state index is 9.61. The lowest BCUT2D eigenvalue weighted by Crippen LogP contribution is -2.16. The van der Waals surface area contributed by atoms with Gasteiger partial charge < -0.3 is 10.2 Å². The molecule has 0 heterocycles. The van der Waals surface area contributed by atoms with Gasteiger partial charge in [-0.3, -0.25) is 0 Å². The Hall–Kier alpha value is -1.37. The molecular formula is C13H17NO2. The highest BCUT2D eigenvalue weighted by molar-refractivity contribution is 5.29. The van der Waals surface area contributed by atoms with Crippen molar-refractivity contribution in [3.63, 3.8) is 0 Å². The number of aliphatic hydroxyl groups excluding tert-OH is 2. The molecule has 1 aromatic rings. The molecule has 0 spiro atoms. The zero-order chi connectivity index (χ0) is 12.3. The summed E-state index contributed by atoms with van der Waals surface area (Å²) < 4.78 is 0. The fraction of sp³-hybridized carbons (Fsp3) is 0.462. The second-order valence-corrected chi connectivity index (χ2v) is 4.89. The lowest BCUT2D eigenvalue weighted by molar-refractivity contribution is 0.0528. The molecule has 3 nitrogen and oxygen atoms in total. The van der Waals surface area contributed by atoms with Gasteiger partial charge >= 0.3 is 0 Å². The molecule has 0 fully saturated rings. The number of nitriles is 1. The third-order valence-electron chi connectivity index (χ3n) is 2.55. The summed E-state index contributed by atoms with van der Waals surface area (Å²) in [5.41, 5.74) is 1.76. The minimum absolute atomic E-state index is 0.0529. The summed E-state index contributed by atoms with van der Waals surface area (Å²) in [6.07, 6.45) is -2.51. The topological polar surface area (TPSA) is 64.2 Å². The lowest BCUT2D eigenvalue weighted by atomic mass is 9.86. The molecule has 2 atom stereocenters. The Labute approximate surface area is 96.0 Å². The summed E-state index contributed by atoms with van der Waals surface area (Å²) in [6.45, 7) is 6.30. The van der Waals surface area contributed by atoms with Crippen LogP contribution in [0.2, 0.25) is 0 Å². The summed E-state index contributed by atoms with van der Waals surface area (Å²) in [7, 11) is 0. The monoisotopic (exact) mass is 219 g/mol. The van der Waals surface area contributed by atoms with Gasteiger partial charge in [-0.15, -0.1) is 0 Å². The molecule has 16 heavy (non-hydrogen) atoms. The van der Waals surface area contributed by atoms with Gasteiger partial charge in [0.2, 0.25) is 0 Å². The van der Waals surface area contributed by atoms with Gasteiger partial charge in [0.1, 0.15) is 6.10 Å². The Morgan fingerprint density at radius 2 is 1.62 bits per heavy atom. The van der Waals surface area contributed by atoms with Crippen LogP contribution < -0.4 is 0 Å². The highest BCUT2D eigenvalue weighted by Gasteiger charge is 2.19. The molecule has 0 aliphatic heterocycles. The maximum atomic E-state index is 9.61. The third kappa shape index (κ3) is 2.82. The predicted octanol–water partition coefficient (Wildman–Crippen LogP) is 1.90. The Morgan fingerprint density at radius 3 is 2.00 bits per heavy atom. The summed E-state index contributed by atoms with van der Waals surface area (Å²) in [5.74, 6) is 0. The smallest absolute Gasteiger partial charge is 0.170 e. The normalized spacial score (nSPS) is 15.2. The molecule has 0 saturated carbocycles. The van der Waals surface area contributed by atoms with Crippen molar-refractivity contribution in [2.75, 3.05) is 0 Å². The van der Waals surface area contributed by atoms with Gasteiger partial charge in [-0.25, -0.2) is 0 Å². The first-order valence-corrected chi connectivity index (χ1v) is 5.22. The molecule has 2 unspecified atom stereocenters. The van der Waals surface area contributed by atoms with Crippen molar-refractivity contribution in [3.05, 3.63) is 35.4 Å². The molecule has 1 rings (SSSR count). The van der Waals surface area contributed by atoms with Crippen LogP contribution in [0.1, 0.15) is 38.0 Å². The van der Waals surface area contributed by atoms with Crippen molar-refractivity contribution in [2.24, 2.45) is 0 Å². The number of nitrogens with zero attached hydrogens (tertiary/aromatic N) is 1. The maximum Gasteiger partial charge on any atom is 0.170 e. The van der Waals surface area contributed by atoms with Crippen LogP contribution in [0.4, 0.5) is 0 Å². The van der Waals surface area contributed by atoms with Gasteiger partial charge in [-0.1, -0.05) is 45.0 Å². The van der Waals surface area contributed by atoms with E-state index in [9.17, 15) is 10.2 Å². The molecule has 0 aliphatic carbocycles. The molecule has 0 bridgehead atoms. The van der Waals surface area contributed by atoms with E-state index in [-0.39, 0.29) is 5.41 Å². The molecule has 2 N–H and O–H groups in total. The highest BCUT2D eigenvalue weighted by atomic mass is 16.3. The molecule has 0 aromatic heterocycles. The third-order valence-corrected chi connectivity index (χ3v) is 2.55. The Bertz CT molecular complexity index is 384. The van der Waals surface area contributed by atoms with Gasteiger partial charge in [0.05, 0.1) is 6.07 Å². The minimum atomic E-state index is -1.37. The van der Waals surface area contributed by atoms with Crippen molar-refractivity contribution < 1.29 is 10.2 Å². The lowest BCUT2D eigenvalue weighted by Gasteiger charge is -2.20. The fourth-order valence-electron chi connectivity index (χ4n) is 1.43. The van der Waals surface area contributed by atoms with Gasteiger partial charge in [0, 0.05) is 0 Å². The van der Waals surface area contributed by atoms with Crippen molar-refractivity contribution >= 4 is 0 Å². The average molecular weight is 219 g/mol. The van der Waals surface area contributed by atoms with E-state index in [0.29, 0.717) is 5.56 Å². The van der Waals surface area contributed by atoms with Gasteiger partial charge in [0.15, 0.2) is 6.10 Å². The molecule has 3 heteroatoms. The zero-order valence-electron chi connectivity index (χ0n) is 9.81. The van der Waals surface area contributed by atoms with E-state index in [1.807, 2.05) is 12.1 Å². The number of rotatable bonds is 2. The van der Waals surface area contributed by atoms with Crippen LogP contribution in [-0.2, 0) is 5.41 Å². The fourth-order valence-corrected chi connectivity index (χ4v) is 1.43. The summed E-state index contributed by atoms with van der Waals surface area (Å²) in [6, 6.07) is 8.91. The number of benzene rings is 1. The first-order valence-electron chi connectivity index (χ1n) is 5.22. The van der Waals surface area contributed by atoms with Crippen LogP contribution in [0.15, 0.2) is 24.3 Å². The highest BCUT2D eigenvalue weighted by Crippen LogP contribution is 2.24. The molecule has 86 valence electrons. The molecule has 0 radical (unpaired) electrons. The molecule has 0 saturated heterocycles. The Kier molecular flexibility index (Phi) is 3.69. The van der Waals surface area contributed by atoms with Crippen molar-refractivity contribution in [3.8, 4) is 6.07 Å². The van der Waals surface area contributed by atoms with Crippen LogP contribution >= 0.6 is 0 Å². The Morgan fingerprint density at radius 1 is 1.12 bits per heavy atom. The van der Waals surface area contributed by atoms with Gasteiger partial charge in [0.25, 0.3) is 0 Å². The van der Waals surface area contributed by atoms with E-state index in [1.54, 1.807) is 18.2 Å².